The fourth-order valence-corrected chi connectivity index (χ4v) is 12.2. The molecule has 0 aromatic heterocycles. The zero-order valence-corrected chi connectivity index (χ0v) is 57.6. The summed E-state index contributed by atoms with van der Waals surface area (Å²) in [4.78, 5) is 103. The Bertz CT molecular complexity index is 3360. The highest BCUT2D eigenvalue weighted by Crippen LogP contribution is 2.43. The van der Waals surface area contributed by atoms with Gasteiger partial charge in [-0.2, -0.15) is 0 Å². The van der Waals surface area contributed by atoms with Gasteiger partial charge in [-0.3, -0.25) is 33.8 Å². The third kappa shape index (κ3) is 21.4. The van der Waals surface area contributed by atoms with Crippen molar-refractivity contribution in [1.29, 1.82) is 0 Å². The molecule has 0 bridgehead atoms. The van der Waals surface area contributed by atoms with Gasteiger partial charge in [0.25, 0.3) is 11.8 Å². The minimum absolute atomic E-state index is 0.000222. The molecule has 8 rings (SSSR count). The molecule has 4 heterocycles. The molecule has 0 spiro atoms. The first-order valence-corrected chi connectivity index (χ1v) is 34.3. The highest BCUT2D eigenvalue weighted by Gasteiger charge is 2.46. The lowest BCUT2D eigenvalue weighted by Crippen LogP contribution is -2.53. The quantitative estimate of drug-likeness (QED) is 0.0343. The first-order chi connectivity index (χ1) is 47.5. The molecular weight excluding hydrogens is 1260 g/mol. The predicted octanol–water partition coefficient (Wildman–Crippen LogP) is 9.39. The van der Waals surface area contributed by atoms with Gasteiger partial charge in [0.15, 0.2) is 29.2 Å². The monoisotopic (exact) mass is 1360 g/mol. The molecule has 3 aromatic rings. The molecule has 5 aliphatic rings. The van der Waals surface area contributed by atoms with Crippen LogP contribution in [0.1, 0.15) is 144 Å². The van der Waals surface area contributed by atoms with Crippen LogP contribution in [-0.4, -0.2) is 180 Å². The van der Waals surface area contributed by atoms with Crippen LogP contribution in [0.15, 0.2) is 101 Å². The molecule has 0 unspecified atom stereocenters. The highest BCUT2D eigenvalue weighted by atomic mass is 16.6. The Morgan fingerprint density at radius 3 is 1.87 bits per heavy atom. The Morgan fingerprint density at radius 1 is 0.653 bits per heavy atom. The number of carbonyl (C=O) groups is 7. The SMILES string of the molecule is C/C=C/C1=CN2C(=O)c3cc(OC)c(OCCCOc4cc5c(cc4OC)C(=O)N4C=C(/C=C/C)C[C@H]4[C@H](O)N5C(=O)OCc4ccc(NC(=O)[C@H](C)NC(=O)[C@@H](NC(=O)CCOCCOCCOCCOCCNC(=O)CC5CCCCCCCC5)C(C)C)cc4)cc3N=C[C@@H]2C1. The van der Waals surface area contributed by atoms with Crippen LogP contribution < -0.4 is 45.1 Å². The maximum atomic E-state index is 14.4. The van der Waals surface area contributed by atoms with Gasteiger partial charge >= 0.3 is 6.09 Å². The molecule has 3 aromatic carbocycles. The molecule has 25 heteroatoms. The first-order valence-electron chi connectivity index (χ1n) is 34.3. The van der Waals surface area contributed by atoms with Gasteiger partial charge in [0.1, 0.15) is 18.7 Å². The van der Waals surface area contributed by atoms with Crippen molar-refractivity contribution in [3.63, 3.8) is 0 Å². The number of hydrogen-bond donors (Lipinski definition) is 5. The summed E-state index contributed by atoms with van der Waals surface area (Å²) in [6.07, 6.45) is 22.0. The fourth-order valence-electron chi connectivity index (χ4n) is 12.2. The van der Waals surface area contributed by atoms with Gasteiger partial charge < -0.3 is 78.8 Å². The van der Waals surface area contributed by atoms with Crippen LogP contribution in [0.2, 0.25) is 0 Å². The van der Waals surface area contributed by atoms with Gasteiger partial charge in [0.05, 0.1) is 115 Å². The lowest BCUT2D eigenvalue weighted by molar-refractivity contribution is -0.132. The normalized spacial score (nSPS) is 18.4. The van der Waals surface area contributed by atoms with E-state index in [0.717, 1.165) is 28.9 Å². The summed E-state index contributed by atoms with van der Waals surface area (Å²) in [5, 5.41) is 23.3. The molecule has 98 heavy (non-hydrogen) atoms. The molecule has 5 atom stereocenters. The maximum Gasteiger partial charge on any atom is 0.416 e. The number of aliphatic hydroxyl groups is 1. The van der Waals surface area contributed by atoms with Crippen LogP contribution in [0.4, 0.5) is 21.9 Å². The van der Waals surface area contributed by atoms with E-state index in [1.54, 1.807) is 67.6 Å². The van der Waals surface area contributed by atoms with E-state index in [0.29, 0.717) is 105 Å². The van der Waals surface area contributed by atoms with Crippen LogP contribution >= 0.6 is 0 Å². The van der Waals surface area contributed by atoms with Crippen molar-refractivity contribution >= 4 is 64.8 Å². The third-order valence-corrected chi connectivity index (χ3v) is 17.4. The average molecular weight is 1360 g/mol. The standard InChI is InChI=1S/C73H98N8O17/c1-8-17-52-37-55-44-75-58-42-63(61(90-6)40-56(58)70(86)79(55)45-52)96-27-16-28-97-64-43-59-57(41-62(64)91-7)71(87)80-46-53(18-9-2)38-60(80)72(88)81(59)73(89)98-47-51-21-23-54(24-22-51)77-68(84)49(5)76-69(85)67(48(3)4)78-65(82)25-29-92-31-33-94-35-36-95-34-32-93-30-26-74-66(83)39-50-19-14-12-10-11-13-15-20-50/h8-9,17-18,21-24,40-46,48-50,55,60,67,72,88H,10-16,19-20,25-39,47H2,1-7H3,(H,74,83)(H,76,85)(H,77,84)(H,78,82)/b17-8+,18-9+/t49-,55-,60-,67-,72-/m0/s1. The smallest absolute Gasteiger partial charge is 0.416 e. The van der Waals surface area contributed by atoms with E-state index in [4.69, 9.17) is 42.6 Å². The number of fused-ring (bicyclic) bond motifs is 4. The first kappa shape index (κ1) is 75.2. The number of rotatable bonds is 35. The number of nitrogens with zero attached hydrogens (tertiary/aromatic N) is 4. The third-order valence-electron chi connectivity index (χ3n) is 17.4. The van der Waals surface area contributed by atoms with Gasteiger partial charge in [-0.15, -0.1) is 0 Å². The summed E-state index contributed by atoms with van der Waals surface area (Å²) in [5.41, 5.74) is 3.60. The summed E-state index contributed by atoms with van der Waals surface area (Å²) in [5.74, 6) is -0.772. The Hall–Kier alpha value is -8.62. The van der Waals surface area contributed by atoms with Gasteiger partial charge in [0, 0.05) is 62.2 Å². The molecule has 1 saturated carbocycles. The number of amides is 7. The lowest BCUT2D eigenvalue weighted by Gasteiger charge is -2.31. The van der Waals surface area contributed by atoms with E-state index < -0.39 is 54.1 Å². The van der Waals surface area contributed by atoms with Crippen molar-refractivity contribution < 1.29 is 81.3 Å². The number of allylic oxidation sites excluding steroid dienone is 4. The van der Waals surface area contributed by atoms with Crippen LogP contribution in [0.3, 0.4) is 0 Å². The number of aliphatic hydroxyl groups excluding tert-OH is 1. The Labute approximate surface area is 574 Å². The Kier molecular flexibility index (Phi) is 29.5. The van der Waals surface area contributed by atoms with Crippen molar-refractivity contribution in [2.45, 2.75) is 155 Å². The number of nitrogens with one attached hydrogen (secondary N) is 4. The summed E-state index contributed by atoms with van der Waals surface area (Å²) in [7, 11) is 2.92. The number of ether oxygens (including phenoxy) is 9. The zero-order valence-electron chi connectivity index (χ0n) is 57.6. The molecule has 0 saturated heterocycles. The van der Waals surface area contributed by atoms with Crippen LogP contribution in [-0.2, 0) is 49.5 Å². The van der Waals surface area contributed by atoms with Crippen LogP contribution in [0, 0.1) is 11.8 Å². The molecule has 532 valence electrons. The largest absolute Gasteiger partial charge is 0.493 e. The lowest BCUT2D eigenvalue weighted by atomic mass is 9.93. The number of benzene rings is 3. The maximum absolute atomic E-state index is 14.4. The fraction of sp³-hybridized carbons (Fsp3) is 0.534. The number of anilines is 2. The predicted molar refractivity (Wildman–Crippen MR) is 369 cm³/mol. The van der Waals surface area contributed by atoms with Crippen molar-refractivity contribution in [2.24, 2.45) is 16.8 Å². The van der Waals surface area contributed by atoms with E-state index in [1.165, 1.54) is 76.7 Å². The van der Waals surface area contributed by atoms with Crippen molar-refractivity contribution in [2.75, 3.05) is 97.0 Å². The van der Waals surface area contributed by atoms with Crippen LogP contribution in [0.25, 0.3) is 0 Å². The molecule has 1 aliphatic carbocycles. The Morgan fingerprint density at radius 2 is 1.23 bits per heavy atom. The van der Waals surface area contributed by atoms with Gasteiger partial charge in [-0.1, -0.05) is 88.8 Å². The van der Waals surface area contributed by atoms with Crippen molar-refractivity contribution in [3.8, 4) is 23.0 Å². The van der Waals surface area contributed by atoms with Gasteiger partial charge in [0.2, 0.25) is 23.6 Å². The molecule has 5 N–H and O–H groups in total. The minimum Gasteiger partial charge on any atom is -0.493 e. The molecular formula is C73H98N8O17. The minimum atomic E-state index is -1.57. The van der Waals surface area contributed by atoms with E-state index in [-0.39, 0.29) is 92.4 Å². The molecule has 1 fully saturated rings. The van der Waals surface area contributed by atoms with Gasteiger partial charge in [-0.25, -0.2) is 9.69 Å². The van der Waals surface area contributed by atoms with Crippen molar-refractivity contribution in [1.82, 2.24) is 25.8 Å². The Balaban J connectivity index is 0.752. The molecule has 7 amide bonds. The van der Waals surface area contributed by atoms with Crippen molar-refractivity contribution in [3.05, 3.63) is 113 Å². The van der Waals surface area contributed by atoms with Gasteiger partial charge in [-0.05, 0) is 99.3 Å². The highest BCUT2D eigenvalue weighted by molar-refractivity contribution is 6.07. The average Bonchev–Trinajstić information content (AvgIpc) is 1.57. The number of methoxy groups -OCH3 is 2. The zero-order chi connectivity index (χ0) is 69.9. The number of aliphatic imine (C=N–C) groups is 1. The van der Waals surface area contributed by atoms with Crippen LogP contribution in [0.5, 0.6) is 23.0 Å². The summed E-state index contributed by atoms with van der Waals surface area (Å²) in [6.45, 7) is 11.9. The molecule has 4 aliphatic heterocycles. The summed E-state index contributed by atoms with van der Waals surface area (Å²) in [6, 6.07) is 9.68. The summed E-state index contributed by atoms with van der Waals surface area (Å²) < 4.78 is 51.9. The molecule has 0 radical (unpaired) electrons. The second-order valence-electron chi connectivity index (χ2n) is 25.1. The van der Waals surface area contributed by atoms with E-state index in [9.17, 15) is 38.7 Å². The van der Waals surface area contributed by atoms with E-state index in [1.807, 2.05) is 44.4 Å². The molecule has 25 nitrogen and oxygen atoms in total. The van der Waals surface area contributed by atoms with E-state index >= 15 is 0 Å². The second-order valence-corrected chi connectivity index (χ2v) is 25.1. The number of carbonyl (C=O) groups excluding carboxylic acids is 7. The number of hydrogen-bond acceptors (Lipinski definition) is 18. The van der Waals surface area contributed by atoms with E-state index in [2.05, 4.69) is 26.3 Å². The topological polar surface area (TPSA) is 293 Å². The second kappa shape index (κ2) is 38.5. The summed E-state index contributed by atoms with van der Waals surface area (Å²) >= 11 is 0.